The lowest BCUT2D eigenvalue weighted by atomic mass is 10.1. The molecule has 4 nitrogen and oxygen atoms in total. The maximum absolute atomic E-state index is 10.4. The van der Waals surface area contributed by atoms with Crippen LogP contribution in [-0.2, 0) is 10.1 Å². The molecular weight excluding hydrogens is 498 g/mol. The molecule has 33 heavy (non-hydrogen) atoms. The molecule has 0 radical (unpaired) electrons. The minimum absolute atomic E-state index is 0.178. The third-order valence-electron chi connectivity index (χ3n) is 6.33. The van der Waals surface area contributed by atoms with Crippen molar-refractivity contribution in [3.8, 4) is 0 Å². The highest BCUT2D eigenvalue weighted by atomic mass is 79.9. The fraction of sp³-hybridized carbons (Fsp3) is 0.778. The minimum atomic E-state index is -4.27. The topological polar surface area (TPSA) is 57.2 Å². The Kier molecular flexibility index (Phi) is 19.6. The number of nitrogens with zero attached hydrogens (tertiary/aromatic N) is 1. The van der Waals surface area contributed by atoms with Crippen molar-refractivity contribution in [2.45, 2.75) is 110 Å². The maximum atomic E-state index is 10.4. The van der Waals surface area contributed by atoms with Crippen molar-refractivity contribution in [1.29, 1.82) is 0 Å². The van der Waals surface area contributed by atoms with Crippen LogP contribution in [0.3, 0.4) is 0 Å². The summed E-state index contributed by atoms with van der Waals surface area (Å²) in [6.45, 7) is 14.4. The fourth-order valence-electron chi connectivity index (χ4n) is 4.18. The lowest BCUT2D eigenvalue weighted by Crippen LogP contribution is -2.51. The number of benzene rings is 1. The standard InChI is InChI=1S/C20H43BrN.C7H8O3S/c1-4-7-10-13-17-22(20-16-21,18-14-11-8-5-2)19-15-12-9-6-3;1-6-2-4-7(5-3-6)11(8,9)10/h4-20H2,1-3H3;2-5H,1H3,(H,8,9,10)/q+1;/p-1. The molecule has 0 aliphatic heterocycles. The lowest BCUT2D eigenvalue weighted by molar-refractivity contribution is -0.926. The smallest absolute Gasteiger partial charge is 0.124 e. The van der Waals surface area contributed by atoms with Gasteiger partial charge in [-0.15, -0.1) is 0 Å². The Balaban J connectivity index is 0.000000771. The van der Waals surface area contributed by atoms with Crippen LogP contribution in [0.25, 0.3) is 0 Å². The summed E-state index contributed by atoms with van der Waals surface area (Å²) in [5.74, 6) is 0. The molecule has 1 rings (SSSR count). The van der Waals surface area contributed by atoms with Crippen LogP contribution in [0.4, 0.5) is 0 Å². The maximum Gasteiger partial charge on any atom is 0.124 e. The zero-order valence-electron chi connectivity index (χ0n) is 21.8. The monoisotopic (exact) mass is 547 g/mol. The molecule has 0 heterocycles. The molecule has 6 heteroatoms. The Morgan fingerprint density at radius 2 is 1.09 bits per heavy atom. The van der Waals surface area contributed by atoms with Gasteiger partial charge in [0.2, 0.25) is 0 Å². The number of unbranched alkanes of at least 4 members (excludes halogenated alkanes) is 9. The zero-order chi connectivity index (χ0) is 25.0. The molecule has 0 aliphatic carbocycles. The Labute approximate surface area is 214 Å². The van der Waals surface area contributed by atoms with Gasteiger partial charge >= 0.3 is 0 Å². The van der Waals surface area contributed by atoms with Crippen LogP contribution in [0, 0.1) is 6.92 Å². The van der Waals surface area contributed by atoms with E-state index < -0.39 is 10.1 Å². The van der Waals surface area contributed by atoms with Gasteiger partial charge in [0.15, 0.2) is 0 Å². The normalized spacial score (nSPS) is 11.8. The Bertz CT molecular complexity index is 646. The molecule has 0 aromatic heterocycles. The third-order valence-corrected chi connectivity index (χ3v) is 7.53. The third kappa shape index (κ3) is 16.8. The highest BCUT2D eigenvalue weighted by Gasteiger charge is 2.25. The van der Waals surface area contributed by atoms with Crippen molar-refractivity contribution in [2.75, 3.05) is 31.5 Å². The van der Waals surface area contributed by atoms with Crippen molar-refractivity contribution in [2.24, 2.45) is 0 Å². The fourth-order valence-corrected chi connectivity index (χ4v) is 5.40. The van der Waals surface area contributed by atoms with Gasteiger partial charge in [-0.25, -0.2) is 8.42 Å². The van der Waals surface area contributed by atoms with Gasteiger partial charge in [-0.05, 0) is 57.6 Å². The van der Waals surface area contributed by atoms with Crippen molar-refractivity contribution in [3.63, 3.8) is 0 Å². The first-order chi connectivity index (χ1) is 15.7. The van der Waals surface area contributed by atoms with Crippen LogP contribution >= 0.6 is 15.9 Å². The number of halogens is 1. The highest BCUT2D eigenvalue weighted by Crippen LogP contribution is 2.18. The van der Waals surface area contributed by atoms with Crippen molar-refractivity contribution in [1.82, 2.24) is 0 Å². The Hall–Kier alpha value is -0.430. The lowest BCUT2D eigenvalue weighted by Gasteiger charge is -2.39. The van der Waals surface area contributed by atoms with E-state index in [9.17, 15) is 13.0 Å². The molecular formula is C27H50BrNO3S. The summed E-state index contributed by atoms with van der Waals surface area (Å²) >= 11 is 3.74. The van der Waals surface area contributed by atoms with Crippen molar-refractivity contribution in [3.05, 3.63) is 29.8 Å². The summed E-state index contributed by atoms with van der Waals surface area (Å²) in [4.78, 5) is -0.178. The van der Waals surface area contributed by atoms with Crippen LogP contribution in [0.1, 0.15) is 103 Å². The van der Waals surface area contributed by atoms with E-state index in [1.54, 1.807) is 12.1 Å². The number of rotatable bonds is 18. The average molecular weight is 549 g/mol. The quantitative estimate of drug-likeness (QED) is 0.0813. The number of hydrogen-bond acceptors (Lipinski definition) is 3. The van der Waals surface area contributed by atoms with Gasteiger partial charge in [0, 0.05) is 0 Å². The van der Waals surface area contributed by atoms with Gasteiger partial charge in [0.25, 0.3) is 0 Å². The first-order valence-corrected chi connectivity index (χ1v) is 15.7. The molecule has 0 aliphatic rings. The Morgan fingerprint density at radius 1 is 0.697 bits per heavy atom. The molecule has 0 saturated heterocycles. The van der Waals surface area contributed by atoms with Crippen LogP contribution < -0.4 is 0 Å². The molecule has 0 bridgehead atoms. The second-order valence-electron chi connectivity index (χ2n) is 9.37. The number of alkyl halides is 1. The van der Waals surface area contributed by atoms with Gasteiger partial charge in [0.05, 0.1) is 36.4 Å². The Morgan fingerprint density at radius 3 is 1.39 bits per heavy atom. The van der Waals surface area contributed by atoms with E-state index in [0.29, 0.717) is 0 Å². The molecule has 0 amide bonds. The second kappa shape index (κ2) is 19.8. The van der Waals surface area contributed by atoms with Crippen LogP contribution in [0.15, 0.2) is 29.2 Å². The van der Waals surface area contributed by atoms with Gasteiger partial charge in [0.1, 0.15) is 10.1 Å². The van der Waals surface area contributed by atoms with E-state index in [2.05, 4.69) is 36.7 Å². The zero-order valence-corrected chi connectivity index (χ0v) is 24.2. The van der Waals surface area contributed by atoms with Crippen molar-refractivity contribution < 1.29 is 17.5 Å². The van der Waals surface area contributed by atoms with Gasteiger partial charge < -0.3 is 9.04 Å². The van der Waals surface area contributed by atoms with E-state index in [-0.39, 0.29) is 4.90 Å². The number of quaternary nitrogens is 1. The van der Waals surface area contributed by atoms with Crippen LogP contribution in [-0.4, -0.2) is 49.0 Å². The number of aryl methyl sites for hydroxylation is 1. The average Bonchev–Trinajstić information content (AvgIpc) is 2.78. The first-order valence-electron chi connectivity index (χ1n) is 13.2. The first kappa shape index (κ1) is 32.6. The van der Waals surface area contributed by atoms with Crippen molar-refractivity contribution >= 4 is 26.0 Å². The molecule has 194 valence electrons. The predicted octanol–water partition coefficient (Wildman–Crippen LogP) is 7.84. The summed E-state index contributed by atoms with van der Waals surface area (Å²) in [5.41, 5.74) is 0.928. The van der Waals surface area contributed by atoms with E-state index in [4.69, 9.17) is 0 Å². The van der Waals surface area contributed by atoms with E-state index in [1.807, 2.05) is 6.92 Å². The summed E-state index contributed by atoms with van der Waals surface area (Å²) in [6, 6.07) is 5.78. The van der Waals surface area contributed by atoms with Gasteiger partial charge in [-0.1, -0.05) is 92.9 Å². The van der Waals surface area contributed by atoms with Gasteiger partial charge in [-0.3, -0.25) is 0 Å². The van der Waals surface area contributed by atoms with E-state index >= 15 is 0 Å². The highest BCUT2D eigenvalue weighted by molar-refractivity contribution is 9.09. The van der Waals surface area contributed by atoms with Crippen LogP contribution in [0.5, 0.6) is 0 Å². The number of hydrogen-bond donors (Lipinski definition) is 0. The summed E-state index contributed by atoms with van der Waals surface area (Å²) in [5, 5.41) is 1.17. The summed E-state index contributed by atoms with van der Waals surface area (Å²) < 4.78 is 32.6. The van der Waals surface area contributed by atoms with Crippen LogP contribution in [0.2, 0.25) is 0 Å². The predicted molar refractivity (Wildman–Crippen MR) is 145 cm³/mol. The van der Waals surface area contributed by atoms with E-state index in [0.717, 1.165) is 5.56 Å². The minimum Gasteiger partial charge on any atom is -0.744 e. The molecule has 1 aromatic carbocycles. The molecule has 0 fully saturated rings. The summed E-state index contributed by atoms with van der Waals surface area (Å²) in [7, 11) is -4.27. The van der Waals surface area contributed by atoms with Gasteiger partial charge in [-0.2, -0.15) is 0 Å². The second-order valence-corrected chi connectivity index (χ2v) is 11.5. The summed E-state index contributed by atoms with van der Waals surface area (Å²) in [6.07, 6.45) is 16.9. The molecule has 1 aromatic rings. The molecule has 0 unspecified atom stereocenters. The largest absolute Gasteiger partial charge is 0.744 e. The molecule has 0 saturated carbocycles. The molecule has 0 spiro atoms. The SMILES string of the molecule is CCCCCC[N+](CCBr)(CCCCCC)CCCCCC.Cc1ccc(S(=O)(=O)[O-])cc1. The molecule has 0 atom stereocenters. The molecule has 0 N–H and O–H groups in total. The van der Waals surface area contributed by atoms with E-state index in [1.165, 1.54) is 125 Å².